The van der Waals surface area contributed by atoms with Gasteiger partial charge in [0.2, 0.25) is 23.8 Å². The van der Waals surface area contributed by atoms with E-state index in [-0.39, 0.29) is 70.4 Å². The van der Waals surface area contributed by atoms with E-state index in [9.17, 15) is 48.6 Å². The summed E-state index contributed by atoms with van der Waals surface area (Å²) >= 11 is 0. The summed E-state index contributed by atoms with van der Waals surface area (Å²) in [5, 5.41) is 19.7. The van der Waals surface area contributed by atoms with E-state index in [4.69, 9.17) is 14.5 Å². The second kappa shape index (κ2) is 31.2. The normalized spacial score (nSPS) is 17.8. The summed E-state index contributed by atoms with van der Waals surface area (Å²) in [5.41, 5.74) is 7.40. The molecule has 36 heteroatoms. The van der Waals surface area contributed by atoms with Crippen molar-refractivity contribution in [2.45, 2.75) is 192 Å². The van der Waals surface area contributed by atoms with E-state index in [0.717, 1.165) is 66.1 Å². The first kappa shape index (κ1) is 77.0. The number of fused-ring (bicyclic) bond motifs is 8. The fraction of sp³-hybridized carbons (Fsp3) is 0.366. The van der Waals surface area contributed by atoms with E-state index in [0.29, 0.717) is 147 Å². The van der Waals surface area contributed by atoms with E-state index in [1.54, 1.807) is 107 Å². The molecule has 0 saturated heterocycles. The van der Waals surface area contributed by atoms with Crippen molar-refractivity contribution in [2.75, 3.05) is 0 Å². The Morgan fingerprint density at radius 3 is 0.958 bits per heavy atom. The molecule has 4 fully saturated rings. The molecule has 0 unspecified atom stereocenters. The summed E-state index contributed by atoms with van der Waals surface area (Å²) in [6.45, 7) is 10.4. The van der Waals surface area contributed by atoms with Gasteiger partial charge in [-0.3, -0.25) is 46.1 Å². The number of Topliss-reactive ketones (excluding diaryl/α,β-unsaturated/α-hetero) is 2. The van der Waals surface area contributed by atoms with Crippen LogP contribution in [0.3, 0.4) is 0 Å². The second-order valence-electron chi connectivity index (χ2n) is 32.0. The summed E-state index contributed by atoms with van der Waals surface area (Å²) in [5.74, 6) is 2.06. The van der Waals surface area contributed by atoms with Crippen LogP contribution in [0.5, 0.6) is 0 Å². The van der Waals surface area contributed by atoms with Crippen LogP contribution < -0.4 is 22.8 Å². The molecule has 0 bridgehead atoms. The van der Waals surface area contributed by atoms with Crippen LogP contribution in [0.15, 0.2) is 166 Å². The van der Waals surface area contributed by atoms with E-state index in [1.165, 1.54) is 17.0 Å². The van der Waals surface area contributed by atoms with Gasteiger partial charge >= 0.3 is 34.9 Å². The number of ketones is 2. The lowest BCUT2D eigenvalue weighted by molar-refractivity contribution is -0.121. The molecular formula is C82H84N24O12. The molecule has 12 heterocycles. The number of hydrogen-bond donors (Lipinski definition) is 4. The number of rotatable bonds is 8. The number of H-pyrrole nitrogens is 2. The van der Waals surface area contributed by atoms with Gasteiger partial charge in [-0.25, -0.2) is 68.6 Å². The molecule has 0 atom stereocenters. The number of ether oxygens (including phenoxy) is 2. The Kier molecular flexibility index (Phi) is 20.3. The quantitative estimate of drug-likeness (QED) is 0.110. The molecule has 4 aliphatic carbocycles. The maximum atomic E-state index is 13.5. The molecule has 20 rings (SSSR count). The standard InChI is InChI=1S/C23H26N6O4.C23H24N6O4.C18H18N6O2.C18H16N6O2/c2*1-23(2,3)33-22(32)29-18-12-24-20(27-13-25-16-6-4-5-7-17(16)27)26-19(18)28(21(29)31)14-8-10-15(30)11-9-14;2*25-12-7-5-11(6-8-12)24-16-14(21-18(24)26)9-19-17(22-16)23-10-20-13-3-1-2-4-15(13)23/h4-7,12-15,30H,8-11H2,1-3H3;4-7,12-14H,8-11H2,1-3H3;1-4,9-12,25H,5-8H2,(H,21,26);1-4,9-11H,5-8H2,(H,21,26). The van der Waals surface area contributed by atoms with Crippen LogP contribution in [0.2, 0.25) is 0 Å². The number of aromatic nitrogens is 24. The van der Waals surface area contributed by atoms with Gasteiger partial charge in [-0.05, 0) is 167 Å². The van der Waals surface area contributed by atoms with Crippen LogP contribution >= 0.6 is 0 Å². The number of aliphatic hydroxyl groups excluding tert-OH is 2. The summed E-state index contributed by atoms with van der Waals surface area (Å²) in [7, 11) is 0. The van der Waals surface area contributed by atoms with E-state index in [1.807, 2.05) is 102 Å². The van der Waals surface area contributed by atoms with Gasteiger partial charge in [-0.15, -0.1) is 0 Å². The average molecular weight is 1600 g/mol. The number of nitrogens with zero attached hydrogens (tertiary/aromatic N) is 22. The van der Waals surface area contributed by atoms with Crippen molar-refractivity contribution in [1.29, 1.82) is 0 Å². The fourth-order valence-corrected chi connectivity index (χ4v) is 16.0. The van der Waals surface area contributed by atoms with Crippen molar-refractivity contribution in [3.63, 3.8) is 0 Å². The highest BCUT2D eigenvalue weighted by molar-refractivity contribution is 5.88. The zero-order valence-corrected chi connectivity index (χ0v) is 65.4. The zero-order valence-electron chi connectivity index (χ0n) is 65.4. The number of aliphatic hydroxyl groups is 2. The first-order chi connectivity index (χ1) is 56.9. The number of hydrogen-bond acceptors (Lipinski definition) is 24. The first-order valence-corrected chi connectivity index (χ1v) is 39.4. The summed E-state index contributed by atoms with van der Waals surface area (Å²) in [4.78, 5) is 161. The van der Waals surface area contributed by atoms with Gasteiger partial charge in [0.15, 0.2) is 22.6 Å². The minimum Gasteiger partial charge on any atom is -0.443 e. The third-order valence-corrected chi connectivity index (χ3v) is 21.7. The highest BCUT2D eigenvalue weighted by Gasteiger charge is 2.35. The van der Waals surface area contributed by atoms with Gasteiger partial charge in [0.1, 0.15) is 70.1 Å². The maximum Gasteiger partial charge on any atom is 0.423 e. The van der Waals surface area contributed by atoms with Crippen LogP contribution in [0, 0.1) is 0 Å². The molecule has 604 valence electrons. The lowest BCUT2D eigenvalue weighted by atomic mass is 9.93. The molecule has 0 aliphatic heterocycles. The molecule has 16 aromatic rings. The van der Waals surface area contributed by atoms with Crippen molar-refractivity contribution in [1.82, 2.24) is 115 Å². The van der Waals surface area contributed by atoms with E-state index in [2.05, 4.69) is 64.8 Å². The third kappa shape index (κ3) is 15.0. The van der Waals surface area contributed by atoms with Gasteiger partial charge in [0.05, 0.1) is 81.1 Å². The molecule has 4 aliphatic rings. The Morgan fingerprint density at radius 2 is 0.636 bits per heavy atom. The third-order valence-electron chi connectivity index (χ3n) is 21.7. The van der Waals surface area contributed by atoms with Gasteiger partial charge in [-0.1, -0.05) is 48.5 Å². The molecular weight excluding hydrogens is 1510 g/mol. The Hall–Kier alpha value is -13.6. The zero-order chi connectivity index (χ0) is 82.0. The second-order valence-corrected chi connectivity index (χ2v) is 32.0. The molecule has 0 amide bonds. The molecule has 118 heavy (non-hydrogen) atoms. The van der Waals surface area contributed by atoms with E-state index >= 15 is 0 Å². The number of aromatic amines is 2. The molecule has 4 N–H and O–H groups in total. The lowest BCUT2D eigenvalue weighted by Crippen LogP contribution is -2.36. The highest BCUT2D eigenvalue weighted by Crippen LogP contribution is 2.35. The Balaban J connectivity index is 0.000000113. The smallest absolute Gasteiger partial charge is 0.423 e. The van der Waals surface area contributed by atoms with Crippen LogP contribution in [-0.4, -0.2) is 173 Å². The number of imidazole rings is 8. The Labute approximate surface area is 668 Å². The topological polar surface area (TPSA) is 431 Å². The number of para-hydroxylation sites is 8. The number of carbonyl (C=O) groups excluding carboxylic acids is 4. The molecule has 36 nitrogen and oxygen atoms in total. The van der Waals surface area contributed by atoms with Crippen LogP contribution in [0.4, 0.5) is 9.59 Å². The van der Waals surface area contributed by atoms with Crippen molar-refractivity contribution in [3.05, 3.63) is 189 Å². The molecule has 12 aromatic heterocycles. The maximum absolute atomic E-state index is 13.5. The lowest BCUT2D eigenvalue weighted by Gasteiger charge is -2.26. The van der Waals surface area contributed by atoms with Gasteiger partial charge < -0.3 is 29.7 Å². The Bertz CT molecular complexity index is 6810. The number of benzene rings is 4. The van der Waals surface area contributed by atoms with Crippen molar-refractivity contribution in [3.8, 4) is 23.8 Å². The SMILES string of the molecule is CC(C)(C)OC(=O)n1c(=O)n(C2CCC(=O)CC2)c2nc(-n3cnc4ccccc43)ncc21.CC(C)(C)OC(=O)n1c(=O)n(C2CCC(O)CC2)c2nc(-n3cnc4ccccc43)ncc21.O=C1CCC(n2c(=O)[nH]c3cnc(-n4cnc5ccccc54)nc32)CC1.O=c1[nH]c2cnc(-n3cnc4ccccc43)nc2n1C1CCC(O)CC1. The van der Waals surface area contributed by atoms with E-state index < -0.39 is 34.8 Å². The molecule has 0 spiro atoms. The van der Waals surface area contributed by atoms with Crippen LogP contribution in [0.25, 0.3) is 113 Å². The number of carbonyl (C=O) groups is 4. The van der Waals surface area contributed by atoms with Crippen molar-refractivity contribution in [2.24, 2.45) is 0 Å². The molecule has 4 aromatic carbocycles. The van der Waals surface area contributed by atoms with Crippen molar-refractivity contribution >= 4 is 113 Å². The van der Waals surface area contributed by atoms with Crippen LogP contribution in [0.1, 0.15) is 168 Å². The summed E-state index contributed by atoms with van der Waals surface area (Å²) in [6.07, 6.45) is 20.1. The average Bonchev–Trinajstić information content (AvgIpc) is 1.59. The Morgan fingerprint density at radius 1 is 0.356 bits per heavy atom. The minimum atomic E-state index is -0.785. The first-order valence-electron chi connectivity index (χ1n) is 39.4. The monoisotopic (exact) mass is 1600 g/mol. The number of nitrogens with one attached hydrogen (secondary N) is 2. The van der Waals surface area contributed by atoms with Crippen LogP contribution in [-0.2, 0) is 19.1 Å². The molecule has 0 radical (unpaired) electrons. The van der Waals surface area contributed by atoms with Gasteiger partial charge in [-0.2, -0.15) is 29.1 Å². The minimum absolute atomic E-state index is 0.0174. The predicted molar refractivity (Wildman–Crippen MR) is 434 cm³/mol. The van der Waals surface area contributed by atoms with Gasteiger partial charge in [0, 0.05) is 49.9 Å². The highest BCUT2D eigenvalue weighted by atomic mass is 16.6. The fourth-order valence-electron chi connectivity index (χ4n) is 16.0. The largest absolute Gasteiger partial charge is 0.443 e. The summed E-state index contributed by atoms with van der Waals surface area (Å²) < 4.78 is 26.5. The predicted octanol–water partition coefficient (Wildman–Crippen LogP) is 10.7. The van der Waals surface area contributed by atoms with Crippen molar-refractivity contribution < 1.29 is 38.9 Å². The van der Waals surface area contributed by atoms with Gasteiger partial charge in [0.25, 0.3) is 0 Å². The molecule has 4 saturated carbocycles. The summed E-state index contributed by atoms with van der Waals surface area (Å²) in [6, 6.07) is 30.3.